The number of likely N-dealkylation sites (tertiary alicyclic amines) is 1. The normalized spacial score (nSPS) is 22.5. The van der Waals surface area contributed by atoms with E-state index in [-0.39, 0.29) is 19.5 Å². The maximum atomic E-state index is 11.9. The lowest BCUT2D eigenvalue weighted by molar-refractivity contribution is -0.175. The predicted molar refractivity (Wildman–Crippen MR) is 38.8 cm³/mol. The van der Waals surface area contributed by atoms with Crippen LogP contribution < -0.4 is 0 Å². The number of carboxylic acid groups (broad SMARTS) is 1. The smallest absolute Gasteiger partial charge is 0.450 e. The van der Waals surface area contributed by atoms with Crippen molar-refractivity contribution in [3.8, 4) is 0 Å². The van der Waals surface area contributed by atoms with Gasteiger partial charge in [0.1, 0.15) is 0 Å². The lowest BCUT2D eigenvalue weighted by atomic mass is 10.0. The lowest BCUT2D eigenvalue weighted by Crippen LogP contribution is -2.33. The van der Waals surface area contributed by atoms with Gasteiger partial charge in [-0.15, -0.1) is 0 Å². The highest BCUT2D eigenvalue weighted by Crippen LogP contribution is 2.26. The van der Waals surface area contributed by atoms with Gasteiger partial charge >= 0.3 is 12.3 Å². The Balaban J connectivity index is 2.59. The van der Waals surface area contributed by atoms with Crippen molar-refractivity contribution in [3.63, 3.8) is 0 Å². The van der Waals surface area contributed by atoms with Crippen LogP contribution in [0.15, 0.2) is 0 Å². The van der Waals surface area contributed by atoms with E-state index < -0.39 is 24.0 Å². The molecule has 1 aliphatic heterocycles. The SMILES string of the molecule is O=C(O)N1CC[C@H](C(=O)C(F)(F)F)C1. The van der Waals surface area contributed by atoms with Crippen molar-refractivity contribution in [2.75, 3.05) is 13.1 Å². The highest BCUT2D eigenvalue weighted by Gasteiger charge is 2.45. The summed E-state index contributed by atoms with van der Waals surface area (Å²) in [5, 5.41) is 8.45. The van der Waals surface area contributed by atoms with E-state index in [2.05, 4.69) is 0 Å². The van der Waals surface area contributed by atoms with Gasteiger partial charge in [-0.2, -0.15) is 13.2 Å². The van der Waals surface area contributed by atoms with E-state index >= 15 is 0 Å². The summed E-state index contributed by atoms with van der Waals surface area (Å²) < 4.78 is 35.7. The molecule has 1 rings (SSSR count). The van der Waals surface area contributed by atoms with E-state index in [0.29, 0.717) is 0 Å². The highest BCUT2D eigenvalue weighted by molar-refractivity contribution is 5.87. The van der Waals surface area contributed by atoms with Crippen molar-refractivity contribution < 1.29 is 27.9 Å². The number of Topliss-reactive ketones (excluding diaryl/α,β-unsaturated/α-hetero) is 1. The van der Waals surface area contributed by atoms with Gasteiger partial charge in [-0.1, -0.05) is 0 Å². The maximum Gasteiger partial charge on any atom is 0.450 e. The van der Waals surface area contributed by atoms with Crippen molar-refractivity contribution in [2.45, 2.75) is 12.6 Å². The molecule has 0 saturated carbocycles. The van der Waals surface area contributed by atoms with Crippen LogP contribution in [0.5, 0.6) is 0 Å². The van der Waals surface area contributed by atoms with Gasteiger partial charge in [0.05, 0.1) is 0 Å². The molecule has 1 N–H and O–H groups in total. The summed E-state index contributed by atoms with van der Waals surface area (Å²) in [5.74, 6) is -3.06. The van der Waals surface area contributed by atoms with Gasteiger partial charge in [-0.05, 0) is 6.42 Å². The van der Waals surface area contributed by atoms with Gasteiger partial charge in [0.25, 0.3) is 0 Å². The fourth-order valence-electron chi connectivity index (χ4n) is 1.38. The van der Waals surface area contributed by atoms with Crippen molar-refractivity contribution in [1.82, 2.24) is 4.90 Å². The summed E-state index contributed by atoms with van der Waals surface area (Å²) in [6.07, 6.45) is -6.20. The Labute approximate surface area is 77.3 Å². The zero-order valence-corrected chi connectivity index (χ0v) is 7.04. The van der Waals surface area contributed by atoms with Gasteiger partial charge in [0.2, 0.25) is 5.78 Å². The summed E-state index contributed by atoms with van der Waals surface area (Å²) in [5.41, 5.74) is 0. The molecule has 0 bridgehead atoms. The number of hydrogen-bond acceptors (Lipinski definition) is 2. The lowest BCUT2D eigenvalue weighted by Gasteiger charge is -2.12. The Kier molecular flexibility index (Phi) is 2.68. The van der Waals surface area contributed by atoms with Crippen LogP contribution in [0.25, 0.3) is 0 Å². The Morgan fingerprint density at radius 3 is 2.29 bits per heavy atom. The number of hydrogen-bond donors (Lipinski definition) is 1. The Bertz CT molecular complexity index is 263. The molecule has 7 heteroatoms. The molecule has 0 unspecified atom stereocenters. The second-order valence-corrected chi connectivity index (χ2v) is 3.08. The number of nitrogens with zero attached hydrogens (tertiary/aromatic N) is 1. The second-order valence-electron chi connectivity index (χ2n) is 3.08. The summed E-state index contributed by atoms with van der Waals surface area (Å²) in [6, 6.07) is 0. The van der Waals surface area contributed by atoms with Crippen molar-refractivity contribution in [2.24, 2.45) is 5.92 Å². The minimum Gasteiger partial charge on any atom is -0.465 e. The largest absolute Gasteiger partial charge is 0.465 e. The molecule has 0 radical (unpaired) electrons. The summed E-state index contributed by atoms with van der Waals surface area (Å²) in [7, 11) is 0. The van der Waals surface area contributed by atoms with Gasteiger partial charge in [0.15, 0.2) is 0 Å². The van der Waals surface area contributed by atoms with Gasteiger partial charge in [0, 0.05) is 19.0 Å². The summed E-state index contributed by atoms with van der Waals surface area (Å²) >= 11 is 0. The Morgan fingerprint density at radius 2 is 1.93 bits per heavy atom. The third-order valence-electron chi connectivity index (χ3n) is 2.11. The highest BCUT2D eigenvalue weighted by atomic mass is 19.4. The Morgan fingerprint density at radius 1 is 1.36 bits per heavy atom. The van der Waals surface area contributed by atoms with Crippen molar-refractivity contribution >= 4 is 11.9 Å². The predicted octanol–water partition coefficient (Wildman–Crippen LogP) is 1.12. The first-order valence-electron chi connectivity index (χ1n) is 3.91. The number of alkyl halides is 3. The van der Waals surface area contributed by atoms with Gasteiger partial charge in [-0.25, -0.2) is 4.79 Å². The summed E-state index contributed by atoms with van der Waals surface area (Å²) in [4.78, 5) is 21.9. The van der Waals surface area contributed by atoms with Crippen LogP contribution in [0, 0.1) is 5.92 Å². The number of carbonyl (C=O) groups is 2. The van der Waals surface area contributed by atoms with E-state index in [0.717, 1.165) is 4.90 Å². The molecular weight excluding hydrogens is 203 g/mol. The fourth-order valence-corrected chi connectivity index (χ4v) is 1.38. The van der Waals surface area contributed by atoms with Gasteiger partial charge in [-0.3, -0.25) is 4.79 Å². The topological polar surface area (TPSA) is 57.6 Å². The van der Waals surface area contributed by atoms with Crippen LogP contribution in [-0.4, -0.2) is 41.1 Å². The van der Waals surface area contributed by atoms with E-state index in [4.69, 9.17) is 5.11 Å². The third kappa shape index (κ3) is 2.15. The van der Waals surface area contributed by atoms with E-state index in [1.807, 2.05) is 0 Å². The average molecular weight is 211 g/mol. The number of rotatable bonds is 1. The van der Waals surface area contributed by atoms with Crippen LogP contribution in [-0.2, 0) is 4.79 Å². The first-order chi connectivity index (χ1) is 6.32. The van der Waals surface area contributed by atoms with Crippen LogP contribution >= 0.6 is 0 Å². The molecule has 0 spiro atoms. The van der Waals surface area contributed by atoms with Crippen LogP contribution in [0.3, 0.4) is 0 Å². The molecular formula is C7H8F3NO3. The minimum absolute atomic E-state index is 0.0121. The fraction of sp³-hybridized carbons (Fsp3) is 0.714. The molecule has 0 aliphatic carbocycles. The summed E-state index contributed by atoms with van der Waals surface area (Å²) in [6.45, 7) is -0.366. The standard InChI is InChI=1S/C7H8F3NO3/c8-7(9,10)5(12)4-1-2-11(3-4)6(13)14/h4H,1-3H2,(H,13,14)/t4-/m0/s1. The molecule has 1 atom stereocenters. The van der Waals surface area contributed by atoms with E-state index in [1.165, 1.54) is 0 Å². The third-order valence-corrected chi connectivity index (χ3v) is 2.11. The molecule has 1 aliphatic rings. The average Bonchev–Trinajstić information content (AvgIpc) is 2.48. The van der Waals surface area contributed by atoms with Crippen LogP contribution in [0.2, 0.25) is 0 Å². The molecule has 0 aromatic carbocycles. The molecule has 1 amide bonds. The molecule has 4 nitrogen and oxygen atoms in total. The molecule has 0 aromatic rings. The zero-order valence-electron chi connectivity index (χ0n) is 7.04. The quantitative estimate of drug-likeness (QED) is 0.706. The first-order valence-corrected chi connectivity index (χ1v) is 3.91. The van der Waals surface area contributed by atoms with Gasteiger partial charge < -0.3 is 10.0 Å². The molecule has 1 saturated heterocycles. The number of ketones is 1. The first kappa shape index (κ1) is 10.8. The number of amides is 1. The number of halogens is 3. The zero-order chi connectivity index (χ0) is 10.9. The van der Waals surface area contributed by atoms with Crippen LogP contribution in [0.4, 0.5) is 18.0 Å². The minimum atomic E-state index is -4.86. The van der Waals surface area contributed by atoms with E-state index in [1.54, 1.807) is 0 Å². The second kappa shape index (κ2) is 3.47. The maximum absolute atomic E-state index is 11.9. The monoisotopic (exact) mass is 211 g/mol. The molecule has 1 fully saturated rings. The van der Waals surface area contributed by atoms with Crippen LogP contribution in [0.1, 0.15) is 6.42 Å². The van der Waals surface area contributed by atoms with E-state index in [9.17, 15) is 22.8 Å². The number of carbonyl (C=O) groups excluding carboxylic acids is 1. The Hall–Kier alpha value is -1.27. The van der Waals surface area contributed by atoms with Crippen molar-refractivity contribution in [1.29, 1.82) is 0 Å². The molecule has 0 aromatic heterocycles. The molecule has 1 heterocycles. The molecule has 80 valence electrons. The molecule has 14 heavy (non-hydrogen) atoms. The van der Waals surface area contributed by atoms with Crippen molar-refractivity contribution in [3.05, 3.63) is 0 Å².